The first-order chi connectivity index (χ1) is 6.94. The van der Waals surface area contributed by atoms with Gasteiger partial charge in [-0.3, -0.25) is 0 Å². The number of sulfonamides is 1. The van der Waals surface area contributed by atoms with Gasteiger partial charge in [-0.1, -0.05) is 0 Å². The minimum atomic E-state index is -3.06. The zero-order valence-electron chi connectivity index (χ0n) is 9.66. The molecule has 0 aromatic heterocycles. The second-order valence-electron chi connectivity index (χ2n) is 4.20. The van der Waals surface area contributed by atoms with E-state index in [0.717, 1.165) is 13.0 Å². The van der Waals surface area contributed by atoms with Crippen molar-refractivity contribution in [2.45, 2.75) is 25.4 Å². The Hall–Kier alpha value is -0.170. The summed E-state index contributed by atoms with van der Waals surface area (Å²) in [6.45, 7) is 3.71. The van der Waals surface area contributed by atoms with E-state index >= 15 is 0 Å². The maximum atomic E-state index is 11.1. The summed E-state index contributed by atoms with van der Waals surface area (Å²) in [6, 6.07) is 1.01. The Labute approximate surface area is 92.3 Å². The number of hydrogen-bond acceptors (Lipinski definition) is 4. The summed E-state index contributed by atoms with van der Waals surface area (Å²) in [5, 5.41) is 3.27. The average molecular weight is 235 g/mol. The number of hydrogen-bond donors (Lipinski definition) is 2. The molecule has 90 valence electrons. The number of likely N-dealkylation sites (tertiary alicyclic amines) is 1. The second-order valence-corrected chi connectivity index (χ2v) is 6.24. The van der Waals surface area contributed by atoms with E-state index in [1.165, 1.54) is 7.05 Å². The molecular weight excluding hydrogens is 214 g/mol. The topological polar surface area (TPSA) is 61.4 Å². The van der Waals surface area contributed by atoms with Gasteiger partial charge < -0.3 is 10.2 Å². The Morgan fingerprint density at radius 3 is 2.60 bits per heavy atom. The maximum absolute atomic E-state index is 11.1. The van der Waals surface area contributed by atoms with Crippen molar-refractivity contribution >= 4 is 10.0 Å². The van der Waals surface area contributed by atoms with Gasteiger partial charge in [0, 0.05) is 25.2 Å². The van der Waals surface area contributed by atoms with Crippen molar-refractivity contribution in [3.63, 3.8) is 0 Å². The Bertz CT molecular complexity index is 282. The average Bonchev–Trinajstić information content (AvgIpc) is 2.46. The normalized spacial score (nSPS) is 28.5. The summed E-state index contributed by atoms with van der Waals surface area (Å²) < 4.78 is 24.6. The molecule has 1 rings (SSSR count). The molecule has 0 amide bonds. The third-order valence-corrected chi connectivity index (χ3v) is 4.36. The second kappa shape index (κ2) is 5.25. The molecule has 0 aromatic rings. The molecule has 2 N–H and O–H groups in total. The van der Waals surface area contributed by atoms with E-state index in [1.54, 1.807) is 0 Å². The Morgan fingerprint density at radius 1 is 1.47 bits per heavy atom. The zero-order chi connectivity index (χ0) is 11.5. The molecule has 1 aliphatic heterocycles. The Balaban J connectivity index is 2.22. The molecule has 0 bridgehead atoms. The van der Waals surface area contributed by atoms with Crippen LogP contribution in [0.2, 0.25) is 0 Å². The van der Waals surface area contributed by atoms with Gasteiger partial charge in [-0.15, -0.1) is 0 Å². The molecule has 1 saturated heterocycles. The molecule has 2 unspecified atom stereocenters. The maximum Gasteiger partial charge on any atom is 0.212 e. The summed E-state index contributed by atoms with van der Waals surface area (Å²) >= 11 is 0. The van der Waals surface area contributed by atoms with Crippen molar-refractivity contribution in [2.24, 2.45) is 0 Å². The number of rotatable bonds is 5. The predicted octanol–water partition coefficient (Wildman–Crippen LogP) is -0.782. The van der Waals surface area contributed by atoms with E-state index in [9.17, 15) is 8.42 Å². The van der Waals surface area contributed by atoms with Crippen LogP contribution in [-0.2, 0) is 10.0 Å². The highest BCUT2D eigenvalue weighted by Crippen LogP contribution is 2.14. The monoisotopic (exact) mass is 235 g/mol. The van der Waals surface area contributed by atoms with Crippen LogP contribution < -0.4 is 10.0 Å². The summed E-state index contributed by atoms with van der Waals surface area (Å²) in [5.41, 5.74) is 0. The lowest BCUT2D eigenvalue weighted by Gasteiger charge is -2.13. The number of nitrogens with zero attached hydrogens (tertiary/aromatic N) is 1. The molecule has 0 aromatic carbocycles. The molecule has 0 saturated carbocycles. The van der Waals surface area contributed by atoms with Gasteiger partial charge in [-0.2, -0.15) is 0 Å². The quantitative estimate of drug-likeness (QED) is 0.656. The van der Waals surface area contributed by atoms with Gasteiger partial charge in [-0.05, 0) is 27.4 Å². The van der Waals surface area contributed by atoms with Gasteiger partial charge in [0.05, 0.1) is 5.75 Å². The lowest BCUT2D eigenvalue weighted by molar-refractivity contribution is 0.327. The van der Waals surface area contributed by atoms with Crippen molar-refractivity contribution in [1.29, 1.82) is 0 Å². The van der Waals surface area contributed by atoms with Crippen molar-refractivity contribution in [3.8, 4) is 0 Å². The molecular formula is C9H21N3O2S. The third-order valence-electron chi connectivity index (χ3n) is 3.00. The highest BCUT2D eigenvalue weighted by Gasteiger charge is 2.25. The Morgan fingerprint density at radius 2 is 2.13 bits per heavy atom. The predicted molar refractivity (Wildman–Crippen MR) is 61.3 cm³/mol. The van der Waals surface area contributed by atoms with E-state index in [-0.39, 0.29) is 5.75 Å². The molecule has 15 heavy (non-hydrogen) atoms. The highest BCUT2D eigenvalue weighted by molar-refractivity contribution is 7.89. The largest absolute Gasteiger partial charge is 0.312 e. The molecule has 0 radical (unpaired) electrons. The van der Waals surface area contributed by atoms with E-state index in [4.69, 9.17) is 0 Å². The van der Waals surface area contributed by atoms with Crippen LogP contribution in [0.15, 0.2) is 0 Å². The van der Waals surface area contributed by atoms with E-state index in [0.29, 0.717) is 18.6 Å². The van der Waals surface area contributed by atoms with Crippen LogP contribution in [0.1, 0.15) is 13.3 Å². The fraction of sp³-hybridized carbons (Fsp3) is 1.00. The number of nitrogens with one attached hydrogen (secondary N) is 2. The molecule has 2 atom stereocenters. The first-order valence-electron chi connectivity index (χ1n) is 5.29. The van der Waals surface area contributed by atoms with Crippen LogP contribution in [0.25, 0.3) is 0 Å². The van der Waals surface area contributed by atoms with Crippen LogP contribution in [0, 0.1) is 0 Å². The van der Waals surface area contributed by atoms with Gasteiger partial charge in [0.25, 0.3) is 0 Å². The van der Waals surface area contributed by atoms with Gasteiger partial charge in [-0.25, -0.2) is 13.1 Å². The summed E-state index contributed by atoms with van der Waals surface area (Å²) in [7, 11) is 0.475. The van der Waals surface area contributed by atoms with Crippen LogP contribution >= 0.6 is 0 Å². The van der Waals surface area contributed by atoms with Crippen LogP contribution in [0.3, 0.4) is 0 Å². The first kappa shape index (κ1) is 12.9. The molecule has 1 heterocycles. The smallest absolute Gasteiger partial charge is 0.212 e. The molecule has 0 aliphatic carbocycles. The minimum Gasteiger partial charge on any atom is -0.312 e. The lowest BCUT2D eigenvalue weighted by Crippen LogP contribution is -2.36. The molecule has 0 spiro atoms. The highest BCUT2D eigenvalue weighted by atomic mass is 32.2. The standard InChI is InChI=1S/C9H21N3O2S/c1-8-6-9(7-12(8)3)11-4-5-15(13,14)10-2/h8-11H,4-7H2,1-3H3. The number of likely N-dealkylation sites (N-methyl/N-ethyl adjacent to an activating group) is 1. The van der Waals surface area contributed by atoms with Gasteiger partial charge in [0.15, 0.2) is 0 Å². The Kier molecular flexibility index (Phi) is 4.51. The molecule has 5 nitrogen and oxygen atoms in total. The van der Waals surface area contributed by atoms with Crippen molar-refractivity contribution < 1.29 is 8.42 Å². The minimum absolute atomic E-state index is 0.151. The lowest BCUT2D eigenvalue weighted by atomic mass is 10.2. The summed E-state index contributed by atoms with van der Waals surface area (Å²) in [5.74, 6) is 0.151. The SMILES string of the molecule is CNS(=O)(=O)CCNC1CC(C)N(C)C1. The van der Waals surface area contributed by atoms with Crippen LogP contribution in [0.5, 0.6) is 0 Å². The van der Waals surface area contributed by atoms with Crippen molar-refractivity contribution in [2.75, 3.05) is 32.9 Å². The van der Waals surface area contributed by atoms with Crippen LogP contribution in [0.4, 0.5) is 0 Å². The van der Waals surface area contributed by atoms with Crippen molar-refractivity contribution in [1.82, 2.24) is 14.9 Å². The third kappa shape index (κ3) is 4.06. The van der Waals surface area contributed by atoms with Gasteiger partial charge in [0.2, 0.25) is 10.0 Å². The van der Waals surface area contributed by atoms with Crippen LogP contribution in [-0.4, -0.2) is 58.3 Å². The van der Waals surface area contributed by atoms with E-state index in [1.807, 2.05) is 0 Å². The first-order valence-corrected chi connectivity index (χ1v) is 6.94. The molecule has 1 aliphatic rings. The van der Waals surface area contributed by atoms with Gasteiger partial charge in [0.1, 0.15) is 0 Å². The van der Waals surface area contributed by atoms with Gasteiger partial charge >= 0.3 is 0 Å². The van der Waals surface area contributed by atoms with E-state index in [2.05, 4.69) is 28.9 Å². The summed E-state index contributed by atoms with van der Waals surface area (Å²) in [6.07, 6.45) is 1.09. The summed E-state index contributed by atoms with van der Waals surface area (Å²) in [4.78, 5) is 2.28. The zero-order valence-corrected chi connectivity index (χ0v) is 10.5. The fourth-order valence-electron chi connectivity index (χ4n) is 1.84. The fourth-order valence-corrected chi connectivity index (χ4v) is 2.43. The molecule has 6 heteroatoms. The van der Waals surface area contributed by atoms with E-state index < -0.39 is 10.0 Å². The molecule has 1 fully saturated rings. The van der Waals surface area contributed by atoms with Crippen molar-refractivity contribution in [3.05, 3.63) is 0 Å².